The van der Waals surface area contributed by atoms with Crippen molar-refractivity contribution in [3.05, 3.63) is 70.6 Å². The number of aryl methyl sites for hydroxylation is 1. The summed E-state index contributed by atoms with van der Waals surface area (Å²) in [4.78, 5) is 8.41. The maximum absolute atomic E-state index is 13.4. The second kappa shape index (κ2) is 7.36. The first kappa shape index (κ1) is 19.2. The monoisotopic (exact) mass is 415 g/mol. The van der Waals surface area contributed by atoms with Crippen LogP contribution in [0.25, 0.3) is 23.0 Å². The SMILES string of the molecule is Cc1cc(-c2nc(-c3ccc(C(C)(F)F)cc3)no2)nn1Cc1ccc(Cl)nc1. The molecular weight excluding hydrogens is 400 g/mol. The molecule has 0 aliphatic rings. The van der Waals surface area contributed by atoms with Gasteiger partial charge in [0.15, 0.2) is 5.69 Å². The van der Waals surface area contributed by atoms with Gasteiger partial charge in [0.05, 0.1) is 6.54 Å². The van der Waals surface area contributed by atoms with Gasteiger partial charge in [-0.25, -0.2) is 13.8 Å². The zero-order chi connectivity index (χ0) is 20.6. The maximum atomic E-state index is 13.4. The average molecular weight is 416 g/mol. The Morgan fingerprint density at radius 1 is 1.14 bits per heavy atom. The van der Waals surface area contributed by atoms with Gasteiger partial charge in [0.25, 0.3) is 11.8 Å². The van der Waals surface area contributed by atoms with E-state index in [0.29, 0.717) is 28.8 Å². The largest absolute Gasteiger partial charge is 0.332 e. The maximum Gasteiger partial charge on any atom is 0.278 e. The quantitative estimate of drug-likeness (QED) is 0.423. The topological polar surface area (TPSA) is 69.6 Å². The molecule has 0 amide bonds. The summed E-state index contributed by atoms with van der Waals surface area (Å²) < 4.78 is 33.8. The van der Waals surface area contributed by atoms with Crippen molar-refractivity contribution in [1.29, 1.82) is 0 Å². The Morgan fingerprint density at radius 3 is 2.55 bits per heavy atom. The Bertz CT molecular complexity index is 1130. The molecule has 4 rings (SSSR count). The Labute approximate surface area is 170 Å². The fraction of sp³-hybridized carbons (Fsp3) is 0.200. The smallest absolute Gasteiger partial charge is 0.278 e. The van der Waals surface area contributed by atoms with E-state index < -0.39 is 5.92 Å². The number of rotatable bonds is 5. The number of nitrogens with zero attached hydrogens (tertiary/aromatic N) is 5. The summed E-state index contributed by atoms with van der Waals surface area (Å²) in [5.74, 6) is -2.34. The third kappa shape index (κ3) is 4.17. The first-order valence-corrected chi connectivity index (χ1v) is 9.15. The lowest BCUT2D eigenvalue weighted by Crippen LogP contribution is -2.06. The average Bonchev–Trinajstić information content (AvgIpc) is 3.30. The van der Waals surface area contributed by atoms with E-state index in [2.05, 4.69) is 20.2 Å². The molecule has 0 atom stereocenters. The van der Waals surface area contributed by atoms with E-state index in [9.17, 15) is 8.78 Å². The molecule has 0 saturated carbocycles. The number of alkyl halides is 2. The van der Waals surface area contributed by atoms with Crippen LogP contribution in [0.3, 0.4) is 0 Å². The molecule has 0 spiro atoms. The molecule has 4 aromatic rings. The lowest BCUT2D eigenvalue weighted by atomic mass is 10.1. The van der Waals surface area contributed by atoms with E-state index in [-0.39, 0.29) is 11.5 Å². The van der Waals surface area contributed by atoms with Crippen molar-refractivity contribution < 1.29 is 13.3 Å². The lowest BCUT2D eigenvalue weighted by Gasteiger charge is -2.09. The third-order valence-electron chi connectivity index (χ3n) is 4.40. The van der Waals surface area contributed by atoms with Crippen LogP contribution in [0.4, 0.5) is 8.78 Å². The van der Waals surface area contributed by atoms with Gasteiger partial charge in [-0.2, -0.15) is 10.1 Å². The van der Waals surface area contributed by atoms with Gasteiger partial charge in [-0.15, -0.1) is 0 Å². The number of hydrogen-bond donors (Lipinski definition) is 0. The molecule has 9 heteroatoms. The number of hydrogen-bond acceptors (Lipinski definition) is 5. The zero-order valence-corrected chi connectivity index (χ0v) is 16.4. The van der Waals surface area contributed by atoms with Crippen LogP contribution in [0.2, 0.25) is 5.15 Å². The summed E-state index contributed by atoms with van der Waals surface area (Å²) in [6.45, 7) is 3.29. The highest BCUT2D eigenvalue weighted by atomic mass is 35.5. The van der Waals surface area contributed by atoms with Crippen molar-refractivity contribution in [3.63, 3.8) is 0 Å². The molecule has 0 radical (unpaired) electrons. The first-order chi connectivity index (χ1) is 13.8. The molecule has 0 unspecified atom stereocenters. The Morgan fingerprint density at radius 2 is 1.90 bits per heavy atom. The van der Waals surface area contributed by atoms with Gasteiger partial charge >= 0.3 is 0 Å². The highest BCUT2D eigenvalue weighted by Gasteiger charge is 2.24. The molecule has 0 aliphatic carbocycles. The van der Waals surface area contributed by atoms with Gasteiger partial charge in [0, 0.05) is 29.9 Å². The van der Waals surface area contributed by atoms with Crippen LogP contribution in [0, 0.1) is 6.92 Å². The van der Waals surface area contributed by atoms with Gasteiger partial charge in [0.1, 0.15) is 5.15 Å². The molecule has 148 valence electrons. The standard InChI is InChI=1S/C20H16ClF2N5O/c1-12-9-16(26-28(12)11-13-3-8-17(21)24-10-13)19-25-18(27-29-19)14-4-6-15(7-5-14)20(2,22)23/h3-10H,11H2,1-2H3. The minimum absolute atomic E-state index is 0.0731. The van der Waals surface area contributed by atoms with E-state index in [1.807, 2.05) is 19.1 Å². The van der Waals surface area contributed by atoms with Crippen molar-refractivity contribution in [3.8, 4) is 23.0 Å². The van der Waals surface area contributed by atoms with Crippen LogP contribution < -0.4 is 0 Å². The Kier molecular flexibility index (Phi) is 4.87. The van der Waals surface area contributed by atoms with Crippen LogP contribution in [-0.4, -0.2) is 24.9 Å². The predicted molar refractivity (Wildman–Crippen MR) is 104 cm³/mol. The van der Waals surface area contributed by atoms with Crippen molar-refractivity contribution in [2.75, 3.05) is 0 Å². The van der Waals surface area contributed by atoms with E-state index in [4.69, 9.17) is 16.1 Å². The summed E-state index contributed by atoms with van der Waals surface area (Å²) in [5, 5.41) is 8.88. The molecule has 0 aliphatic heterocycles. The van der Waals surface area contributed by atoms with Crippen molar-refractivity contribution in [2.24, 2.45) is 0 Å². The van der Waals surface area contributed by atoms with Gasteiger partial charge in [-0.3, -0.25) is 4.68 Å². The summed E-state index contributed by atoms with van der Waals surface area (Å²) in [6, 6.07) is 11.2. The number of benzene rings is 1. The summed E-state index contributed by atoms with van der Waals surface area (Å²) >= 11 is 5.82. The summed E-state index contributed by atoms with van der Waals surface area (Å²) in [7, 11) is 0. The fourth-order valence-electron chi connectivity index (χ4n) is 2.80. The minimum atomic E-state index is -2.90. The molecule has 1 aromatic carbocycles. The number of halogens is 3. The van der Waals surface area contributed by atoms with E-state index in [1.165, 1.54) is 12.1 Å². The molecule has 3 heterocycles. The normalized spacial score (nSPS) is 11.8. The highest BCUT2D eigenvalue weighted by molar-refractivity contribution is 6.29. The van der Waals surface area contributed by atoms with Crippen molar-refractivity contribution >= 4 is 11.6 Å². The van der Waals surface area contributed by atoms with Gasteiger partial charge < -0.3 is 4.52 Å². The van der Waals surface area contributed by atoms with Crippen molar-refractivity contribution in [2.45, 2.75) is 26.3 Å². The molecule has 0 bridgehead atoms. The van der Waals surface area contributed by atoms with Crippen molar-refractivity contribution in [1.82, 2.24) is 24.9 Å². The summed E-state index contributed by atoms with van der Waals surface area (Å²) in [6.07, 6.45) is 1.69. The third-order valence-corrected chi connectivity index (χ3v) is 4.62. The van der Waals surface area contributed by atoms with Crippen LogP contribution in [0.5, 0.6) is 0 Å². The molecule has 29 heavy (non-hydrogen) atoms. The van der Waals surface area contributed by atoms with Gasteiger partial charge in [0.2, 0.25) is 5.82 Å². The fourth-order valence-corrected chi connectivity index (χ4v) is 2.92. The second-order valence-electron chi connectivity index (χ2n) is 6.71. The second-order valence-corrected chi connectivity index (χ2v) is 7.09. The molecular formula is C20H16ClF2N5O. The van der Waals surface area contributed by atoms with Gasteiger partial charge in [-0.05, 0) is 24.6 Å². The highest BCUT2D eigenvalue weighted by Crippen LogP contribution is 2.29. The lowest BCUT2D eigenvalue weighted by molar-refractivity contribution is 0.0175. The summed E-state index contributed by atoms with van der Waals surface area (Å²) in [5.41, 5.74) is 2.89. The van der Waals surface area contributed by atoms with Gasteiger partial charge in [-0.1, -0.05) is 47.1 Å². The van der Waals surface area contributed by atoms with E-state index >= 15 is 0 Å². The zero-order valence-electron chi connectivity index (χ0n) is 15.6. The number of aromatic nitrogens is 5. The minimum Gasteiger partial charge on any atom is -0.332 e. The van der Waals surface area contributed by atoms with Crippen LogP contribution in [0.1, 0.15) is 23.7 Å². The van der Waals surface area contributed by atoms with Crippen LogP contribution in [-0.2, 0) is 12.5 Å². The van der Waals surface area contributed by atoms with Crippen LogP contribution in [0.15, 0.2) is 53.2 Å². The first-order valence-electron chi connectivity index (χ1n) is 8.77. The molecule has 3 aromatic heterocycles. The van der Waals surface area contributed by atoms with E-state index in [1.54, 1.807) is 29.1 Å². The molecule has 0 N–H and O–H groups in total. The molecule has 6 nitrogen and oxygen atoms in total. The number of pyridine rings is 1. The predicted octanol–water partition coefficient (Wildman–Crippen LogP) is 5.12. The Balaban J connectivity index is 1.56. The van der Waals surface area contributed by atoms with Crippen LogP contribution >= 0.6 is 11.6 Å². The molecule has 0 saturated heterocycles. The van der Waals surface area contributed by atoms with E-state index in [0.717, 1.165) is 18.2 Å². The molecule has 0 fully saturated rings. The Hall–Kier alpha value is -3.13.